The Kier molecular flexibility index (Phi) is 5.90. The second-order valence-electron chi connectivity index (χ2n) is 5.97. The Bertz CT molecular complexity index is 924. The number of fused-ring (bicyclic) bond motifs is 1. The molecule has 0 unspecified atom stereocenters. The lowest BCUT2D eigenvalue weighted by Gasteiger charge is -2.13. The molecule has 0 aromatic heterocycles. The van der Waals surface area contributed by atoms with Crippen LogP contribution in [-0.4, -0.2) is 35.7 Å². The van der Waals surface area contributed by atoms with E-state index < -0.39 is 0 Å². The predicted molar refractivity (Wildman–Crippen MR) is 102 cm³/mol. The average molecular weight is 381 g/mol. The van der Waals surface area contributed by atoms with Gasteiger partial charge in [0.05, 0.1) is 22.7 Å². The van der Waals surface area contributed by atoms with Gasteiger partial charge in [-0.05, 0) is 30.7 Å². The van der Waals surface area contributed by atoms with Crippen LogP contribution in [0.25, 0.3) is 0 Å². The molecule has 1 N–H and O–H groups in total. The minimum absolute atomic E-state index is 0.180. The summed E-state index contributed by atoms with van der Waals surface area (Å²) in [5, 5.41) is 3.26. The number of nitrogens with one attached hydrogen (secondary N) is 1. The van der Waals surface area contributed by atoms with Gasteiger partial charge in [-0.15, -0.1) is 0 Å². The van der Waals surface area contributed by atoms with Crippen LogP contribution in [-0.2, 0) is 4.79 Å². The lowest BCUT2D eigenvalue weighted by atomic mass is 10.1. The fourth-order valence-electron chi connectivity index (χ4n) is 2.77. The molecule has 0 saturated carbocycles. The number of amides is 3. The van der Waals surface area contributed by atoms with Crippen LogP contribution in [0.4, 0.5) is 0 Å². The first-order valence-corrected chi connectivity index (χ1v) is 8.91. The predicted octanol–water partition coefficient (Wildman–Crippen LogP) is 2.88. The SMILES string of the molecule is O=C(CCCN1C(=O)c2ccccc2C1=O)NCC#Cc1ccccc1Cl. The van der Waals surface area contributed by atoms with Crippen molar-refractivity contribution in [3.8, 4) is 11.8 Å². The Labute approximate surface area is 162 Å². The summed E-state index contributed by atoms with van der Waals surface area (Å²) in [6.07, 6.45) is 0.608. The number of hydrogen-bond acceptors (Lipinski definition) is 3. The zero-order chi connectivity index (χ0) is 19.2. The Hall–Kier alpha value is -3.10. The van der Waals surface area contributed by atoms with Gasteiger partial charge in [0.2, 0.25) is 5.91 Å². The van der Waals surface area contributed by atoms with Crippen LogP contribution >= 0.6 is 11.6 Å². The van der Waals surface area contributed by atoms with Crippen LogP contribution in [0.1, 0.15) is 39.1 Å². The average Bonchev–Trinajstić information content (AvgIpc) is 2.92. The van der Waals surface area contributed by atoms with Gasteiger partial charge in [-0.3, -0.25) is 19.3 Å². The van der Waals surface area contributed by atoms with E-state index in [-0.39, 0.29) is 37.2 Å². The number of imide groups is 1. The first-order chi connectivity index (χ1) is 13.1. The number of rotatable bonds is 5. The van der Waals surface area contributed by atoms with E-state index in [1.54, 1.807) is 36.4 Å². The number of nitrogens with zero attached hydrogens (tertiary/aromatic N) is 1. The first kappa shape index (κ1) is 18.7. The summed E-state index contributed by atoms with van der Waals surface area (Å²) in [5.41, 5.74) is 1.54. The van der Waals surface area contributed by atoms with Gasteiger partial charge in [-0.2, -0.15) is 0 Å². The van der Waals surface area contributed by atoms with Crippen LogP contribution in [0.5, 0.6) is 0 Å². The Morgan fingerprint density at radius 2 is 1.63 bits per heavy atom. The van der Waals surface area contributed by atoms with E-state index in [0.29, 0.717) is 28.1 Å². The topological polar surface area (TPSA) is 66.5 Å². The molecule has 0 radical (unpaired) electrons. The highest BCUT2D eigenvalue weighted by Gasteiger charge is 2.34. The maximum absolute atomic E-state index is 12.2. The molecule has 0 fully saturated rings. The van der Waals surface area contributed by atoms with E-state index in [1.807, 2.05) is 12.1 Å². The van der Waals surface area contributed by atoms with E-state index in [9.17, 15) is 14.4 Å². The minimum atomic E-state index is -0.304. The summed E-state index contributed by atoms with van der Waals surface area (Å²) in [6.45, 7) is 0.419. The molecule has 0 saturated heterocycles. The van der Waals surface area contributed by atoms with Crippen LogP contribution < -0.4 is 5.32 Å². The van der Waals surface area contributed by atoms with Crippen molar-refractivity contribution >= 4 is 29.3 Å². The van der Waals surface area contributed by atoms with Crippen molar-refractivity contribution in [3.63, 3.8) is 0 Å². The Morgan fingerprint density at radius 3 is 2.30 bits per heavy atom. The molecule has 3 rings (SSSR count). The molecule has 6 heteroatoms. The van der Waals surface area contributed by atoms with Gasteiger partial charge in [0.15, 0.2) is 0 Å². The van der Waals surface area contributed by atoms with Gasteiger partial charge in [0, 0.05) is 18.5 Å². The summed E-state index contributed by atoms with van der Waals surface area (Å²) in [4.78, 5) is 37.5. The monoisotopic (exact) mass is 380 g/mol. The number of hydrogen-bond donors (Lipinski definition) is 1. The van der Waals surface area contributed by atoms with Crippen LogP contribution in [0, 0.1) is 11.8 Å². The maximum atomic E-state index is 12.2. The third kappa shape index (κ3) is 4.36. The molecule has 0 bridgehead atoms. The molecule has 1 aliphatic heterocycles. The number of carbonyl (C=O) groups excluding carboxylic acids is 3. The van der Waals surface area contributed by atoms with Gasteiger partial charge in [-0.1, -0.05) is 47.7 Å². The second-order valence-corrected chi connectivity index (χ2v) is 6.38. The number of halogens is 1. The summed E-state index contributed by atoms with van der Waals surface area (Å²) >= 11 is 6.00. The molecule has 5 nitrogen and oxygen atoms in total. The highest BCUT2D eigenvalue weighted by molar-refractivity contribution is 6.31. The van der Waals surface area contributed by atoms with Gasteiger partial charge in [0.1, 0.15) is 0 Å². The number of carbonyl (C=O) groups is 3. The lowest BCUT2D eigenvalue weighted by Crippen LogP contribution is -2.32. The van der Waals surface area contributed by atoms with Crippen molar-refractivity contribution in [1.82, 2.24) is 10.2 Å². The lowest BCUT2D eigenvalue weighted by molar-refractivity contribution is -0.121. The molecular weight excluding hydrogens is 364 g/mol. The molecule has 27 heavy (non-hydrogen) atoms. The van der Waals surface area contributed by atoms with Gasteiger partial charge in [0.25, 0.3) is 11.8 Å². The largest absolute Gasteiger partial charge is 0.345 e. The van der Waals surface area contributed by atoms with E-state index in [4.69, 9.17) is 11.6 Å². The third-order valence-corrected chi connectivity index (χ3v) is 4.46. The molecule has 1 heterocycles. The summed E-state index contributed by atoms with van der Waals surface area (Å²) in [6, 6.07) is 14.0. The van der Waals surface area contributed by atoms with Crippen LogP contribution in [0.15, 0.2) is 48.5 Å². The summed E-state index contributed by atoms with van der Waals surface area (Å²) in [7, 11) is 0. The zero-order valence-electron chi connectivity index (χ0n) is 14.5. The minimum Gasteiger partial charge on any atom is -0.345 e. The normalized spacial score (nSPS) is 12.4. The fourth-order valence-corrected chi connectivity index (χ4v) is 2.96. The summed E-state index contributed by atoms with van der Waals surface area (Å²) < 4.78 is 0. The van der Waals surface area contributed by atoms with E-state index in [0.717, 1.165) is 0 Å². The van der Waals surface area contributed by atoms with Crippen LogP contribution in [0.2, 0.25) is 5.02 Å². The Balaban J connectivity index is 1.43. The molecule has 0 spiro atoms. The van der Waals surface area contributed by atoms with Crippen molar-refractivity contribution < 1.29 is 14.4 Å². The fraction of sp³-hybridized carbons (Fsp3) is 0.190. The quantitative estimate of drug-likeness (QED) is 0.640. The molecular formula is C21H17ClN2O3. The first-order valence-electron chi connectivity index (χ1n) is 8.53. The molecule has 3 amide bonds. The standard InChI is InChI=1S/C21H17ClN2O3/c22-18-11-4-1-7-15(18)8-5-13-23-19(25)12-6-14-24-20(26)16-9-2-3-10-17(16)21(24)27/h1-4,7,9-11H,6,12-14H2,(H,23,25). The molecule has 0 atom stereocenters. The third-order valence-electron chi connectivity index (χ3n) is 4.13. The van der Waals surface area contributed by atoms with Crippen molar-refractivity contribution in [3.05, 3.63) is 70.2 Å². The molecule has 2 aromatic carbocycles. The van der Waals surface area contributed by atoms with E-state index in [1.165, 1.54) is 4.90 Å². The maximum Gasteiger partial charge on any atom is 0.261 e. The summed E-state index contributed by atoms with van der Waals surface area (Å²) in [5.74, 6) is 4.95. The highest BCUT2D eigenvalue weighted by Crippen LogP contribution is 2.22. The second kappa shape index (κ2) is 8.52. The molecule has 1 aliphatic rings. The van der Waals surface area contributed by atoms with Crippen LogP contribution in [0.3, 0.4) is 0 Å². The molecule has 0 aliphatic carbocycles. The van der Waals surface area contributed by atoms with Crippen molar-refractivity contribution in [2.24, 2.45) is 0 Å². The Morgan fingerprint density at radius 1 is 1.00 bits per heavy atom. The molecule has 2 aromatic rings. The zero-order valence-corrected chi connectivity index (χ0v) is 15.3. The van der Waals surface area contributed by atoms with Gasteiger partial charge < -0.3 is 5.32 Å². The van der Waals surface area contributed by atoms with E-state index in [2.05, 4.69) is 17.2 Å². The van der Waals surface area contributed by atoms with Gasteiger partial charge >= 0.3 is 0 Å². The van der Waals surface area contributed by atoms with Crippen molar-refractivity contribution in [2.75, 3.05) is 13.1 Å². The van der Waals surface area contributed by atoms with Crippen molar-refractivity contribution in [2.45, 2.75) is 12.8 Å². The molecule has 136 valence electrons. The van der Waals surface area contributed by atoms with Gasteiger partial charge in [-0.25, -0.2) is 0 Å². The number of benzene rings is 2. The smallest absolute Gasteiger partial charge is 0.261 e. The highest BCUT2D eigenvalue weighted by atomic mass is 35.5. The van der Waals surface area contributed by atoms with Crippen molar-refractivity contribution in [1.29, 1.82) is 0 Å². The van der Waals surface area contributed by atoms with E-state index >= 15 is 0 Å².